The van der Waals surface area contributed by atoms with Crippen LogP contribution in [0, 0.1) is 5.92 Å². The normalized spacial score (nSPS) is 12.7. The highest BCUT2D eigenvalue weighted by Gasteiger charge is 2.09. The molecule has 0 aliphatic heterocycles. The Balaban J connectivity index is 4.12. The molecule has 0 heterocycles. The van der Waals surface area contributed by atoms with Gasteiger partial charge in [0, 0.05) is 5.70 Å². The van der Waals surface area contributed by atoms with Gasteiger partial charge in [-0.2, -0.15) is 0 Å². The summed E-state index contributed by atoms with van der Waals surface area (Å²) in [5, 5.41) is 0. The summed E-state index contributed by atoms with van der Waals surface area (Å²) in [5.74, 6) is 0.0626. The lowest BCUT2D eigenvalue weighted by molar-refractivity contribution is -0.140. The fourth-order valence-electron chi connectivity index (χ4n) is 0.747. The molecule has 0 saturated carbocycles. The molecule has 0 fully saturated rings. The lowest BCUT2D eigenvalue weighted by Gasteiger charge is -2.08. The van der Waals surface area contributed by atoms with E-state index >= 15 is 0 Å². The topological polar surface area (TPSA) is 52.3 Å². The molecule has 0 radical (unpaired) electrons. The molecule has 76 valence electrons. The fraction of sp³-hybridized carbons (Fsp3) is 0.700. The second-order valence-corrected chi connectivity index (χ2v) is 3.50. The maximum atomic E-state index is 11.3. The van der Waals surface area contributed by atoms with Crippen molar-refractivity contribution >= 4 is 5.97 Å². The molecule has 0 saturated heterocycles. The average molecular weight is 185 g/mol. The van der Waals surface area contributed by atoms with E-state index in [4.69, 9.17) is 10.5 Å². The molecule has 0 atom stereocenters. The molecule has 3 heteroatoms. The molecule has 0 aromatic carbocycles. The summed E-state index contributed by atoms with van der Waals surface area (Å²) in [5.41, 5.74) is 6.74. The average Bonchev–Trinajstić information content (AvgIpc) is 2.11. The quantitative estimate of drug-likeness (QED) is 0.537. The predicted octanol–water partition coefficient (Wildman–Crippen LogP) is 1.83. The summed E-state index contributed by atoms with van der Waals surface area (Å²) in [6.45, 7) is 8.05. The van der Waals surface area contributed by atoms with Gasteiger partial charge in [0.15, 0.2) is 0 Å². The van der Waals surface area contributed by atoms with E-state index < -0.39 is 0 Å². The van der Waals surface area contributed by atoms with Gasteiger partial charge in [0.2, 0.25) is 0 Å². The molecule has 0 spiro atoms. The molecular weight excluding hydrogens is 166 g/mol. The monoisotopic (exact) mass is 185 g/mol. The number of carbonyl (C=O) groups excluding carboxylic acids is 1. The first-order valence-corrected chi connectivity index (χ1v) is 4.61. The van der Waals surface area contributed by atoms with E-state index in [-0.39, 0.29) is 5.97 Å². The van der Waals surface area contributed by atoms with Crippen LogP contribution in [0.5, 0.6) is 0 Å². The molecule has 0 amide bonds. The minimum atomic E-state index is -0.298. The zero-order valence-electron chi connectivity index (χ0n) is 8.89. The highest BCUT2D eigenvalue weighted by atomic mass is 16.5. The number of hydrogen-bond acceptors (Lipinski definition) is 3. The Kier molecular flexibility index (Phi) is 5.19. The lowest BCUT2D eigenvalue weighted by Crippen LogP contribution is -2.14. The van der Waals surface area contributed by atoms with E-state index in [1.165, 1.54) is 0 Å². The van der Waals surface area contributed by atoms with E-state index in [1.54, 1.807) is 6.92 Å². The summed E-state index contributed by atoms with van der Waals surface area (Å²) in [6.07, 6.45) is 0.683. The first-order valence-electron chi connectivity index (χ1n) is 4.61. The van der Waals surface area contributed by atoms with Crippen LogP contribution in [-0.4, -0.2) is 12.6 Å². The molecule has 0 rings (SSSR count). The van der Waals surface area contributed by atoms with Crippen LogP contribution in [-0.2, 0) is 9.53 Å². The molecule has 3 nitrogen and oxygen atoms in total. The van der Waals surface area contributed by atoms with Gasteiger partial charge in [-0.15, -0.1) is 0 Å². The van der Waals surface area contributed by atoms with Gasteiger partial charge in [0.05, 0.1) is 12.2 Å². The van der Waals surface area contributed by atoms with Crippen molar-refractivity contribution in [2.75, 3.05) is 6.61 Å². The molecule has 0 aromatic rings. The molecule has 0 aliphatic rings. The van der Waals surface area contributed by atoms with E-state index in [1.807, 2.05) is 20.8 Å². The van der Waals surface area contributed by atoms with Crippen LogP contribution >= 0.6 is 0 Å². The molecule has 2 N–H and O–H groups in total. The Morgan fingerprint density at radius 2 is 2.00 bits per heavy atom. The first kappa shape index (κ1) is 12.0. The summed E-state index contributed by atoms with van der Waals surface area (Å²) in [6, 6.07) is 0. The van der Waals surface area contributed by atoms with Crippen molar-refractivity contribution in [1.29, 1.82) is 0 Å². The third-order valence-electron chi connectivity index (χ3n) is 1.72. The predicted molar refractivity (Wildman–Crippen MR) is 53.0 cm³/mol. The van der Waals surface area contributed by atoms with Gasteiger partial charge in [0.1, 0.15) is 0 Å². The summed E-state index contributed by atoms with van der Waals surface area (Å²) in [7, 11) is 0. The van der Waals surface area contributed by atoms with Gasteiger partial charge in [-0.1, -0.05) is 20.8 Å². The molecule has 0 aromatic heterocycles. The number of esters is 1. The van der Waals surface area contributed by atoms with Gasteiger partial charge in [0.25, 0.3) is 0 Å². The molecule has 13 heavy (non-hydrogen) atoms. The van der Waals surface area contributed by atoms with Crippen LogP contribution in [0.25, 0.3) is 0 Å². The van der Waals surface area contributed by atoms with E-state index in [0.29, 0.717) is 30.2 Å². The standard InChI is InChI=1S/C10H19NO2/c1-5-9(11)8(4)10(12)13-6-7(2)3/h7H,5-6,11H2,1-4H3. The Morgan fingerprint density at radius 1 is 1.46 bits per heavy atom. The highest BCUT2D eigenvalue weighted by Crippen LogP contribution is 2.05. The third kappa shape index (κ3) is 4.55. The van der Waals surface area contributed by atoms with Crippen LogP contribution in [0.1, 0.15) is 34.1 Å². The van der Waals surface area contributed by atoms with Gasteiger partial charge in [-0.3, -0.25) is 0 Å². The minimum Gasteiger partial charge on any atom is -0.462 e. The molecule has 0 unspecified atom stereocenters. The number of hydrogen-bond donors (Lipinski definition) is 1. The van der Waals surface area contributed by atoms with Crippen molar-refractivity contribution in [3.05, 3.63) is 11.3 Å². The zero-order valence-corrected chi connectivity index (χ0v) is 8.89. The number of nitrogens with two attached hydrogens (primary N) is 1. The second kappa shape index (κ2) is 5.62. The van der Waals surface area contributed by atoms with Crippen molar-refractivity contribution in [2.45, 2.75) is 34.1 Å². The fourth-order valence-corrected chi connectivity index (χ4v) is 0.747. The van der Waals surface area contributed by atoms with Gasteiger partial charge >= 0.3 is 5.97 Å². The van der Waals surface area contributed by atoms with Crippen molar-refractivity contribution in [1.82, 2.24) is 0 Å². The first-order chi connectivity index (χ1) is 5.99. The second-order valence-electron chi connectivity index (χ2n) is 3.50. The summed E-state index contributed by atoms with van der Waals surface area (Å²) < 4.78 is 5.01. The molecule has 0 bridgehead atoms. The number of rotatable bonds is 4. The lowest BCUT2D eigenvalue weighted by atomic mass is 10.2. The van der Waals surface area contributed by atoms with Crippen LogP contribution in [0.15, 0.2) is 11.3 Å². The highest BCUT2D eigenvalue weighted by molar-refractivity contribution is 5.88. The summed E-state index contributed by atoms with van der Waals surface area (Å²) in [4.78, 5) is 11.3. The van der Waals surface area contributed by atoms with Crippen molar-refractivity contribution < 1.29 is 9.53 Å². The maximum Gasteiger partial charge on any atom is 0.335 e. The van der Waals surface area contributed by atoms with Gasteiger partial charge < -0.3 is 10.5 Å². The van der Waals surface area contributed by atoms with Crippen molar-refractivity contribution in [2.24, 2.45) is 11.7 Å². The largest absolute Gasteiger partial charge is 0.462 e. The Morgan fingerprint density at radius 3 is 2.38 bits per heavy atom. The molecular formula is C10H19NO2. The van der Waals surface area contributed by atoms with Crippen molar-refractivity contribution in [3.8, 4) is 0 Å². The third-order valence-corrected chi connectivity index (χ3v) is 1.72. The Hall–Kier alpha value is -0.990. The van der Waals surface area contributed by atoms with Crippen LogP contribution in [0.4, 0.5) is 0 Å². The number of ether oxygens (including phenoxy) is 1. The summed E-state index contributed by atoms with van der Waals surface area (Å²) >= 11 is 0. The maximum absolute atomic E-state index is 11.3. The minimum absolute atomic E-state index is 0.298. The molecule has 0 aliphatic carbocycles. The van der Waals surface area contributed by atoms with E-state index in [2.05, 4.69) is 0 Å². The number of carbonyl (C=O) groups is 1. The van der Waals surface area contributed by atoms with E-state index in [0.717, 1.165) is 0 Å². The SMILES string of the molecule is CCC(N)=C(C)C(=O)OCC(C)C. The Labute approximate surface area is 79.9 Å². The van der Waals surface area contributed by atoms with Crippen LogP contribution in [0.2, 0.25) is 0 Å². The van der Waals surface area contributed by atoms with Gasteiger partial charge in [-0.05, 0) is 19.3 Å². The Bertz CT molecular complexity index is 207. The van der Waals surface area contributed by atoms with Crippen LogP contribution < -0.4 is 5.73 Å². The van der Waals surface area contributed by atoms with Crippen LogP contribution in [0.3, 0.4) is 0 Å². The zero-order chi connectivity index (χ0) is 10.4. The van der Waals surface area contributed by atoms with E-state index in [9.17, 15) is 4.79 Å². The number of allylic oxidation sites excluding steroid dienone is 1. The van der Waals surface area contributed by atoms with Crippen molar-refractivity contribution in [3.63, 3.8) is 0 Å². The smallest absolute Gasteiger partial charge is 0.335 e. The van der Waals surface area contributed by atoms with Gasteiger partial charge in [-0.25, -0.2) is 4.79 Å².